The van der Waals surface area contributed by atoms with Crippen LogP contribution in [0.25, 0.3) is 0 Å². The molecular formula is C20H19NO3S. The summed E-state index contributed by atoms with van der Waals surface area (Å²) in [4.78, 5) is 26.4. The molecule has 1 N–H and O–H groups in total. The van der Waals surface area contributed by atoms with Crippen molar-refractivity contribution in [3.05, 3.63) is 63.5 Å². The van der Waals surface area contributed by atoms with Gasteiger partial charge in [-0.15, -0.1) is 11.3 Å². The van der Waals surface area contributed by atoms with Crippen molar-refractivity contribution < 1.29 is 14.3 Å². The summed E-state index contributed by atoms with van der Waals surface area (Å²) in [7, 11) is 1.62. The van der Waals surface area contributed by atoms with E-state index in [0.29, 0.717) is 19.3 Å². The van der Waals surface area contributed by atoms with Crippen molar-refractivity contribution in [1.82, 2.24) is 5.32 Å². The number of hydrogen-bond acceptors (Lipinski definition) is 4. The molecule has 1 aromatic heterocycles. The first-order valence-electron chi connectivity index (χ1n) is 8.39. The van der Waals surface area contributed by atoms with Crippen molar-refractivity contribution in [3.8, 4) is 5.75 Å². The fraction of sp³-hybridized carbons (Fsp3) is 0.300. The number of ether oxygens (including phenoxy) is 1. The van der Waals surface area contributed by atoms with Crippen LogP contribution in [0.1, 0.15) is 41.5 Å². The van der Waals surface area contributed by atoms with E-state index in [4.69, 9.17) is 4.74 Å². The molecule has 1 amide bonds. The van der Waals surface area contributed by atoms with Gasteiger partial charge in [0.15, 0.2) is 5.78 Å². The maximum absolute atomic E-state index is 12.9. The van der Waals surface area contributed by atoms with Crippen LogP contribution < -0.4 is 10.1 Å². The summed E-state index contributed by atoms with van der Waals surface area (Å²) < 4.78 is 5.30. The van der Waals surface area contributed by atoms with Crippen LogP contribution in [0.2, 0.25) is 0 Å². The van der Waals surface area contributed by atoms with Gasteiger partial charge in [-0.05, 0) is 35.6 Å². The molecule has 25 heavy (non-hydrogen) atoms. The largest absolute Gasteiger partial charge is 0.497 e. The van der Waals surface area contributed by atoms with Gasteiger partial charge >= 0.3 is 0 Å². The van der Waals surface area contributed by atoms with E-state index in [2.05, 4.69) is 11.4 Å². The molecule has 0 fully saturated rings. The van der Waals surface area contributed by atoms with E-state index >= 15 is 0 Å². The third kappa shape index (κ3) is 3.00. The number of ketones is 1. The van der Waals surface area contributed by atoms with Gasteiger partial charge in [-0.25, -0.2) is 0 Å². The minimum atomic E-state index is -0.185. The monoisotopic (exact) mass is 353 g/mol. The van der Waals surface area contributed by atoms with Gasteiger partial charge in [-0.2, -0.15) is 0 Å². The highest BCUT2D eigenvalue weighted by atomic mass is 32.1. The van der Waals surface area contributed by atoms with Gasteiger partial charge in [0.25, 0.3) is 0 Å². The molecule has 1 aliphatic heterocycles. The van der Waals surface area contributed by atoms with Gasteiger partial charge in [-0.1, -0.05) is 18.2 Å². The van der Waals surface area contributed by atoms with Crippen molar-refractivity contribution in [3.63, 3.8) is 0 Å². The Morgan fingerprint density at radius 1 is 1.12 bits per heavy atom. The van der Waals surface area contributed by atoms with Crippen molar-refractivity contribution >= 4 is 23.0 Å². The zero-order valence-electron chi connectivity index (χ0n) is 14.0. The van der Waals surface area contributed by atoms with E-state index in [1.807, 2.05) is 35.7 Å². The molecule has 4 nitrogen and oxygen atoms in total. The van der Waals surface area contributed by atoms with Gasteiger partial charge in [0, 0.05) is 40.8 Å². The van der Waals surface area contributed by atoms with E-state index in [1.165, 1.54) is 4.88 Å². The maximum Gasteiger partial charge on any atom is 0.225 e. The van der Waals surface area contributed by atoms with Crippen LogP contribution in [0.15, 0.2) is 53.0 Å². The van der Waals surface area contributed by atoms with E-state index in [1.54, 1.807) is 18.4 Å². The highest BCUT2D eigenvalue weighted by Crippen LogP contribution is 2.43. The second-order valence-electron chi connectivity index (χ2n) is 6.52. The number of hydrogen-bond donors (Lipinski definition) is 1. The Balaban J connectivity index is 1.73. The molecule has 1 aliphatic carbocycles. The van der Waals surface area contributed by atoms with Crippen LogP contribution in [-0.2, 0) is 9.59 Å². The molecule has 0 saturated heterocycles. The number of methoxy groups -OCH3 is 1. The van der Waals surface area contributed by atoms with Crippen molar-refractivity contribution in [2.75, 3.05) is 7.11 Å². The summed E-state index contributed by atoms with van der Waals surface area (Å²) in [5.74, 6) is 0.843. The zero-order valence-corrected chi connectivity index (χ0v) is 14.8. The number of rotatable bonds is 3. The van der Waals surface area contributed by atoms with Gasteiger partial charge in [0.05, 0.1) is 7.11 Å². The summed E-state index contributed by atoms with van der Waals surface area (Å²) in [6.07, 6.45) is 1.53. The van der Waals surface area contributed by atoms with Crippen molar-refractivity contribution in [2.45, 2.75) is 31.1 Å². The first-order chi connectivity index (χ1) is 12.2. The summed E-state index contributed by atoms with van der Waals surface area (Å²) in [5, 5.41) is 4.99. The number of amides is 1. The van der Waals surface area contributed by atoms with Gasteiger partial charge in [0.1, 0.15) is 5.75 Å². The summed E-state index contributed by atoms with van der Waals surface area (Å²) in [6.45, 7) is 0. The predicted octanol–water partition coefficient (Wildman–Crippen LogP) is 3.76. The van der Waals surface area contributed by atoms with Gasteiger partial charge in [0.2, 0.25) is 5.91 Å². The molecule has 5 heteroatoms. The Kier molecular flexibility index (Phi) is 4.17. The second kappa shape index (κ2) is 6.48. The van der Waals surface area contributed by atoms with Gasteiger partial charge in [-0.3, -0.25) is 9.59 Å². The predicted molar refractivity (Wildman–Crippen MR) is 96.8 cm³/mol. The standard InChI is InChI=1S/C20H19NO3S/c1-24-14-5-2-4-12(8-14)15-11-19(23)21-16-9-13(10-17(22)20(15)16)18-6-3-7-25-18/h2-8,13,15H,9-11H2,1H3,(H,21,23)/t13-,15+/m1/s1. The molecule has 0 radical (unpaired) electrons. The van der Waals surface area contributed by atoms with Crippen LogP contribution in [0, 0.1) is 0 Å². The normalized spacial score (nSPS) is 23.2. The van der Waals surface area contributed by atoms with E-state index in [0.717, 1.165) is 22.6 Å². The molecule has 4 rings (SSSR count). The molecule has 2 atom stereocenters. The summed E-state index contributed by atoms with van der Waals surface area (Å²) in [5.41, 5.74) is 2.55. The van der Waals surface area contributed by atoms with Crippen LogP contribution in [0.4, 0.5) is 0 Å². The number of carbonyl (C=O) groups is 2. The van der Waals surface area contributed by atoms with Crippen molar-refractivity contribution in [1.29, 1.82) is 0 Å². The van der Waals surface area contributed by atoms with Crippen LogP contribution in [0.5, 0.6) is 5.75 Å². The summed E-state index contributed by atoms with van der Waals surface area (Å²) >= 11 is 1.67. The lowest BCUT2D eigenvalue weighted by atomic mass is 9.74. The highest BCUT2D eigenvalue weighted by Gasteiger charge is 2.38. The van der Waals surface area contributed by atoms with E-state index in [9.17, 15) is 9.59 Å². The topological polar surface area (TPSA) is 55.4 Å². The Morgan fingerprint density at radius 3 is 2.76 bits per heavy atom. The molecule has 0 spiro atoms. The van der Waals surface area contributed by atoms with E-state index < -0.39 is 0 Å². The first kappa shape index (κ1) is 16.1. The molecule has 1 aromatic carbocycles. The smallest absolute Gasteiger partial charge is 0.225 e. The Bertz CT molecular complexity index is 854. The molecule has 2 aliphatic rings. The van der Waals surface area contributed by atoms with Crippen molar-refractivity contribution in [2.24, 2.45) is 0 Å². The Labute approximate surface area is 150 Å². The first-order valence-corrected chi connectivity index (χ1v) is 9.27. The van der Waals surface area contributed by atoms with Gasteiger partial charge < -0.3 is 10.1 Å². The lowest BCUT2D eigenvalue weighted by Crippen LogP contribution is -2.38. The molecule has 0 bridgehead atoms. The molecular weight excluding hydrogens is 334 g/mol. The molecule has 2 aromatic rings. The zero-order chi connectivity index (χ0) is 17.4. The van der Waals surface area contributed by atoms with Crippen LogP contribution >= 0.6 is 11.3 Å². The number of thiophene rings is 1. The Morgan fingerprint density at radius 2 is 2.00 bits per heavy atom. The number of carbonyl (C=O) groups excluding carboxylic acids is 2. The second-order valence-corrected chi connectivity index (χ2v) is 7.50. The molecule has 0 unspecified atom stereocenters. The fourth-order valence-electron chi connectivity index (χ4n) is 3.83. The minimum Gasteiger partial charge on any atom is -0.497 e. The van der Waals surface area contributed by atoms with E-state index in [-0.39, 0.29) is 23.5 Å². The molecule has 128 valence electrons. The molecule has 2 heterocycles. The fourth-order valence-corrected chi connectivity index (χ4v) is 4.66. The van der Waals surface area contributed by atoms with Crippen LogP contribution in [0.3, 0.4) is 0 Å². The lowest BCUT2D eigenvalue weighted by molar-refractivity contribution is -0.122. The van der Waals surface area contributed by atoms with Crippen LogP contribution in [-0.4, -0.2) is 18.8 Å². The SMILES string of the molecule is COc1cccc([C@@H]2CC(=O)NC3=C2C(=O)C[C@H](c2cccs2)C3)c1. The average molecular weight is 353 g/mol. The third-order valence-corrected chi connectivity index (χ3v) is 6.01. The maximum atomic E-state index is 12.9. The highest BCUT2D eigenvalue weighted by molar-refractivity contribution is 7.10. The quantitative estimate of drug-likeness (QED) is 0.914. The average Bonchev–Trinajstić information content (AvgIpc) is 3.15. The Hall–Kier alpha value is -2.40. The minimum absolute atomic E-state index is 0.0220. The number of allylic oxidation sites excluding steroid dienone is 2. The number of Topliss-reactive ketones (excluding diaryl/α,β-unsaturated/α-hetero) is 1. The summed E-state index contributed by atoms with van der Waals surface area (Å²) in [6, 6.07) is 11.7. The molecule has 0 saturated carbocycles. The number of benzene rings is 1. The number of nitrogens with one attached hydrogen (secondary N) is 1. The third-order valence-electron chi connectivity index (χ3n) is 4.98. The lowest BCUT2D eigenvalue weighted by Gasteiger charge is -2.34.